The lowest BCUT2D eigenvalue weighted by Gasteiger charge is -2.12. The third-order valence-electron chi connectivity index (χ3n) is 3.74. The average molecular weight is 368 g/mol. The number of methoxy groups -OCH3 is 1. The van der Waals surface area contributed by atoms with Crippen LogP contribution in [-0.2, 0) is 6.54 Å². The molecule has 0 aliphatic heterocycles. The summed E-state index contributed by atoms with van der Waals surface area (Å²) in [5.41, 5.74) is 2.23. The van der Waals surface area contributed by atoms with Crippen LogP contribution in [0.5, 0.6) is 5.75 Å². The van der Waals surface area contributed by atoms with Crippen LogP contribution < -0.4 is 15.4 Å². The van der Waals surface area contributed by atoms with Gasteiger partial charge in [0.15, 0.2) is 0 Å². The lowest BCUT2D eigenvalue weighted by atomic mass is 10.2. The number of nitrogens with zero attached hydrogens (tertiary/aromatic N) is 1. The first-order chi connectivity index (χ1) is 12.7. The van der Waals surface area contributed by atoms with Gasteiger partial charge in [-0.1, -0.05) is 41.9 Å². The van der Waals surface area contributed by atoms with Crippen molar-refractivity contribution in [2.75, 3.05) is 12.4 Å². The summed E-state index contributed by atoms with van der Waals surface area (Å²) in [4.78, 5) is 16.6. The van der Waals surface area contributed by atoms with Gasteiger partial charge in [-0.3, -0.25) is 4.79 Å². The molecule has 0 aliphatic carbocycles. The van der Waals surface area contributed by atoms with Crippen LogP contribution in [0.4, 0.5) is 11.5 Å². The third kappa shape index (κ3) is 4.52. The van der Waals surface area contributed by atoms with Crippen LogP contribution in [-0.4, -0.2) is 18.0 Å². The first kappa shape index (κ1) is 17.8. The highest BCUT2D eigenvalue weighted by Gasteiger charge is 2.09. The molecular weight excluding hydrogens is 350 g/mol. The predicted octanol–water partition coefficient (Wildman–Crippen LogP) is 4.42. The summed E-state index contributed by atoms with van der Waals surface area (Å²) in [7, 11) is 1.58. The maximum atomic E-state index is 12.4. The second-order valence-corrected chi connectivity index (χ2v) is 6.00. The number of carbonyl (C=O) groups excluding carboxylic acids is 1. The minimum atomic E-state index is -0.169. The molecule has 3 rings (SSSR count). The third-order valence-corrected chi connectivity index (χ3v) is 3.98. The minimum Gasteiger partial charge on any atom is -0.495 e. The van der Waals surface area contributed by atoms with E-state index in [1.54, 1.807) is 43.6 Å². The van der Waals surface area contributed by atoms with E-state index >= 15 is 0 Å². The first-order valence-electron chi connectivity index (χ1n) is 8.04. The summed E-state index contributed by atoms with van der Waals surface area (Å²) < 4.78 is 5.31. The largest absolute Gasteiger partial charge is 0.495 e. The molecule has 1 aromatic heterocycles. The minimum absolute atomic E-state index is 0.169. The maximum absolute atomic E-state index is 12.4. The molecule has 2 N–H and O–H groups in total. The Labute approximate surface area is 157 Å². The van der Waals surface area contributed by atoms with Crippen molar-refractivity contribution < 1.29 is 9.53 Å². The van der Waals surface area contributed by atoms with Crippen LogP contribution in [0.25, 0.3) is 0 Å². The Bertz CT molecular complexity index is 901. The van der Waals surface area contributed by atoms with E-state index in [2.05, 4.69) is 15.6 Å². The molecular formula is C20H18ClN3O2. The zero-order valence-electron chi connectivity index (χ0n) is 14.2. The summed E-state index contributed by atoms with van der Waals surface area (Å²) >= 11 is 6.04. The number of anilines is 2. The van der Waals surface area contributed by atoms with E-state index in [1.165, 1.54) is 0 Å². The fourth-order valence-electron chi connectivity index (χ4n) is 2.44. The van der Waals surface area contributed by atoms with Gasteiger partial charge in [-0.15, -0.1) is 0 Å². The number of amides is 1. The molecule has 0 bridgehead atoms. The Morgan fingerprint density at radius 3 is 2.69 bits per heavy atom. The normalized spacial score (nSPS) is 10.2. The quantitative estimate of drug-likeness (QED) is 0.677. The van der Waals surface area contributed by atoms with Gasteiger partial charge in [0, 0.05) is 23.3 Å². The fraction of sp³-hybridized carbons (Fsp3) is 0.100. The van der Waals surface area contributed by atoms with Crippen LogP contribution >= 0.6 is 11.6 Å². The second-order valence-electron chi connectivity index (χ2n) is 5.57. The van der Waals surface area contributed by atoms with Crippen molar-refractivity contribution >= 4 is 29.0 Å². The highest BCUT2D eigenvalue weighted by atomic mass is 35.5. The van der Waals surface area contributed by atoms with Gasteiger partial charge in [0.2, 0.25) is 0 Å². The van der Waals surface area contributed by atoms with Crippen molar-refractivity contribution in [2.24, 2.45) is 0 Å². The van der Waals surface area contributed by atoms with Gasteiger partial charge < -0.3 is 15.4 Å². The number of pyridine rings is 1. The number of ether oxygens (including phenoxy) is 1. The monoisotopic (exact) mass is 367 g/mol. The summed E-state index contributed by atoms with van der Waals surface area (Å²) in [6, 6.07) is 18.3. The molecule has 0 atom stereocenters. The zero-order valence-corrected chi connectivity index (χ0v) is 15.0. The van der Waals surface area contributed by atoms with Crippen molar-refractivity contribution in [2.45, 2.75) is 6.54 Å². The number of aromatic nitrogens is 1. The molecule has 26 heavy (non-hydrogen) atoms. The Hall–Kier alpha value is -3.05. The number of halogens is 1. The molecule has 0 fully saturated rings. The van der Waals surface area contributed by atoms with E-state index in [9.17, 15) is 4.79 Å². The van der Waals surface area contributed by atoms with E-state index in [0.717, 1.165) is 5.56 Å². The SMILES string of the molecule is COc1ccc(Cl)cc1Nc1cc(C(=O)NCc2ccccc2)ccn1. The molecule has 0 radical (unpaired) electrons. The first-order valence-corrected chi connectivity index (χ1v) is 8.42. The van der Waals surface area contributed by atoms with E-state index in [-0.39, 0.29) is 5.91 Å². The zero-order chi connectivity index (χ0) is 18.4. The van der Waals surface area contributed by atoms with Gasteiger partial charge >= 0.3 is 0 Å². The number of nitrogens with one attached hydrogen (secondary N) is 2. The number of hydrogen-bond donors (Lipinski definition) is 2. The topological polar surface area (TPSA) is 63.2 Å². The molecule has 0 spiro atoms. The molecule has 0 unspecified atom stereocenters. The van der Waals surface area contributed by atoms with Crippen molar-refractivity contribution in [1.82, 2.24) is 10.3 Å². The lowest BCUT2D eigenvalue weighted by Crippen LogP contribution is -2.22. The second kappa shape index (κ2) is 8.36. The fourth-order valence-corrected chi connectivity index (χ4v) is 2.61. The van der Waals surface area contributed by atoms with E-state index in [1.807, 2.05) is 30.3 Å². The Morgan fingerprint density at radius 2 is 1.92 bits per heavy atom. The smallest absolute Gasteiger partial charge is 0.251 e. The van der Waals surface area contributed by atoms with Crippen molar-refractivity contribution in [3.63, 3.8) is 0 Å². The van der Waals surface area contributed by atoms with Gasteiger partial charge in [-0.25, -0.2) is 4.98 Å². The van der Waals surface area contributed by atoms with Gasteiger partial charge in [-0.05, 0) is 35.9 Å². The Balaban J connectivity index is 1.72. The van der Waals surface area contributed by atoms with Crippen LogP contribution in [0.3, 0.4) is 0 Å². The lowest BCUT2D eigenvalue weighted by molar-refractivity contribution is 0.0951. The van der Waals surface area contributed by atoms with Crippen molar-refractivity contribution in [3.8, 4) is 5.75 Å². The molecule has 0 saturated heterocycles. The van der Waals surface area contributed by atoms with Crippen LogP contribution in [0.15, 0.2) is 66.9 Å². The van der Waals surface area contributed by atoms with Gasteiger partial charge in [0.1, 0.15) is 11.6 Å². The Morgan fingerprint density at radius 1 is 1.12 bits per heavy atom. The van der Waals surface area contributed by atoms with Gasteiger partial charge in [-0.2, -0.15) is 0 Å². The molecule has 132 valence electrons. The predicted molar refractivity (Wildman–Crippen MR) is 103 cm³/mol. The summed E-state index contributed by atoms with van der Waals surface area (Å²) in [5.74, 6) is 0.991. The van der Waals surface area contributed by atoms with Crippen LogP contribution in [0.2, 0.25) is 5.02 Å². The van der Waals surface area contributed by atoms with E-state index in [4.69, 9.17) is 16.3 Å². The van der Waals surface area contributed by atoms with E-state index < -0.39 is 0 Å². The number of carbonyl (C=O) groups is 1. The maximum Gasteiger partial charge on any atom is 0.251 e. The molecule has 1 heterocycles. The standard InChI is InChI=1S/C20H18ClN3O2/c1-26-18-8-7-16(21)12-17(18)24-19-11-15(9-10-22-19)20(25)23-13-14-5-3-2-4-6-14/h2-12H,13H2,1H3,(H,22,24)(H,23,25). The highest BCUT2D eigenvalue weighted by molar-refractivity contribution is 6.31. The average Bonchev–Trinajstić information content (AvgIpc) is 2.67. The molecule has 0 saturated carbocycles. The van der Waals surface area contributed by atoms with Crippen molar-refractivity contribution in [1.29, 1.82) is 0 Å². The Kier molecular flexibility index (Phi) is 5.71. The van der Waals surface area contributed by atoms with Gasteiger partial charge in [0.25, 0.3) is 5.91 Å². The summed E-state index contributed by atoms with van der Waals surface area (Å²) in [6.07, 6.45) is 1.58. The summed E-state index contributed by atoms with van der Waals surface area (Å²) in [6.45, 7) is 0.465. The molecule has 0 aliphatic rings. The number of rotatable bonds is 6. The number of hydrogen-bond acceptors (Lipinski definition) is 4. The molecule has 1 amide bonds. The molecule has 5 nitrogen and oxygen atoms in total. The molecule has 2 aromatic carbocycles. The molecule has 3 aromatic rings. The van der Waals surface area contributed by atoms with Crippen LogP contribution in [0, 0.1) is 0 Å². The van der Waals surface area contributed by atoms with Crippen molar-refractivity contribution in [3.05, 3.63) is 83.0 Å². The van der Waals surface area contributed by atoms with Crippen LogP contribution in [0.1, 0.15) is 15.9 Å². The number of benzene rings is 2. The summed E-state index contributed by atoms with van der Waals surface area (Å²) in [5, 5.41) is 6.60. The molecule has 6 heteroatoms. The highest BCUT2D eigenvalue weighted by Crippen LogP contribution is 2.30. The van der Waals surface area contributed by atoms with E-state index in [0.29, 0.717) is 34.4 Å². The van der Waals surface area contributed by atoms with Gasteiger partial charge in [0.05, 0.1) is 12.8 Å².